The van der Waals surface area contributed by atoms with E-state index in [1.54, 1.807) is 11.8 Å². The number of hydrogen-bond donors (Lipinski definition) is 2. The summed E-state index contributed by atoms with van der Waals surface area (Å²) in [6, 6.07) is -0.249. The molecule has 0 saturated carbocycles. The lowest BCUT2D eigenvalue weighted by Crippen LogP contribution is -2.57. The second-order valence-electron chi connectivity index (χ2n) is 7.44. The largest absolute Gasteiger partial charge is 0.480 e. The summed E-state index contributed by atoms with van der Waals surface area (Å²) in [7, 11) is 0. The van der Waals surface area contributed by atoms with Gasteiger partial charge in [-0.2, -0.15) is 0 Å². The van der Waals surface area contributed by atoms with E-state index in [1.165, 1.54) is 0 Å². The Morgan fingerprint density at radius 2 is 1.71 bits per heavy atom. The van der Waals surface area contributed by atoms with Crippen molar-refractivity contribution in [1.29, 1.82) is 0 Å². The summed E-state index contributed by atoms with van der Waals surface area (Å²) in [6.45, 7) is 11.6. The molecule has 1 rings (SSSR count). The first-order chi connectivity index (χ1) is 9.60. The molecule has 2 amide bonds. The van der Waals surface area contributed by atoms with Crippen LogP contribution in [0.3, 0.4) is 0 Å². The van der Waals surface area contributed by atoms with E-state index in [0.29, 0.717) is 25.4 Å². The topological polar surface area (TPSA) is 69.6 Å². The van der Waals surface area contributed by atoms with Gasteiger partial charge in [0.15, 0.2) is 0 Å². The normalized spacial score (nSPS) is 20.0. The minimum absolute atomic E-state index is 0.249. The fourth-order valence-corrected chi connectivity index (χ4v) is 2.99. The lowest BCUT2D eigenvalue weighted by molar-refractivity contribution is -0.144. The number of rotatable bonds is 4. The van der Waals surface area contributed by atoms with E-state index in [9.17, 15) is 14.7 Å². The molecule has 1 unspecified atom stereocenters. The Labute approximate surface area is 128 Å². The highest BCUT2D eigenvalue weighted by atomic mass is 16.4. The number of carboxylic acids is 1. The van der Waals surface area contributed by atoms with E-state index in [1.807, 2.05) is 6.92 Å². The molecule has 1 aliphatic rings. The number of aliphatic carboxylic acids is 1. The quantitative estimate of drug-likeness (QED) is 0.838. The minimum Gasteiger partial charge on any atom is -0.480 e. The highest BCUT2D eigenvalue weighted by Gasteiger charge is 2.37. The van der Waals surface area contributed by atoms with E-state index < -0.39 is 11.5 Å². The van der Waals surface area contributed by atoms with Crippen LogP contribution in [0.4, 0.5) is 4.79 Å². The van der Waals surface area contributed by atoms with Crippen molar-refractivity contribution >= 4 is 12.0 Å². The van der Waals surface area contributed by atoms with E-state index in [2.05, 4.69) is 26.1 Å². The third-order valence-corrected chi connectivity index (χ3v) is 4.61. The molecule has 5 nitrogen and oxygen atoms in total. The fourth-order valence-electron chi connectivity index (χ4n) is 2.99. The lowest BCUT2D eigenvalue weighted by Gasteiger charge is -2.39. The SMILES string of the molecule is CCCC(C)(NC(=O)N1CCC(C(C)(C)C)CC1)C(=O)O. The monoisotopic (exact) mass is 298 g/mol. The van der Waals surface area contributed by atoms with E-state index in [-0.39, 0.29) is 11.4 Å². The molecule has 21 heavy (non-hydrogen) atoms. The van der Waals surface area contributed by atoms with Crippen LogP contribution in [0.25, 0.3) is 0 Å². The van der Waals surface area contributed by atoms with Crippen molar-refractivity contribution in [3.63, 3.8) is 0 Å². The first kappa shape index (κ1) is 17.8. The summed E-state index contributed by atoms with van der Waals surface area (Å²) < 4.78 is 0. The smallest absolute Gasteiger partial charge is 0.329 e. The van der Waals surface area contributed by atoms with Gasteiger partial charge < -0.3 is 15.3 Å². The lowest BCUT2D eigenvalue weighted by atomic mass is 9.75. The zero-order valence-electron chi connectivity index (χ0n) is 14.0. The van der Waals surface area contributed by atoms with Crippen LogP contribution in [-0.4, -0.2) is 40.6 Å². The molecular weight excluding hydrogens is 268 g/mol. The molecule has 5 heteroatoms. The van der Waals surface area contributed by atoms with Gasteiger partial charge in [0.25, 0.3) is 0 Å². The standard InChI is InChI=1S/C16H30N2O3/c1-6-9-16(5,13(19)20)17-14(21)18-10-7-12(8-11-18)15(2,3)4/h12H,6-11H2,1-5H3,(H,17,21)(H,19,20). The van der Waals surface area contributed by atoms with Crippen molar-refractivity contribution in [2.75, 3.05) is 13.1 Å². The van der Waals surface area contributed by atoms with Gasteiger partial charge >= 0.3 is 12.0 Å². The Hall–Kier alpha value is -1.26. The van der Waals surface area contributed by atoms with Gasteiger partial charge in [-0.15, -0.1) is 0 Å². The molecule has 122 valence electrons. The molecule has 1 fully saturated rings. The Bertz CT molecular complexity index is 381. The van der Waals surface area contributed by atoms with E-state index in [4.69, 9.17) is 0 Å². The number of nitrogens with one attached hydrogen (secondary N) is 1. The van der Waals surface area contributed by atoms with Gasteiger partial charge in [-0.05, 0) is 37.5 Å². The van der Waals surface area contributed by atoms with E-state index in [0.717, 1.165) is 19.3 Å². The van der Waals surface area contributed by atoms with E-state index >= 15 is 0 Å². The summed E-state index contributed by atoms with van der Waals surface area (Å²) >= 11 is 0. The van der Waals surface area contributed by atoms with Crippen LogP contribution in [0.5, 0.6) is 0 Å². The summed E-state index contributed by atoms with van der Waals surface area (Å²) in [5.74, 6) is -0.356. The number of hydrogen-bond acceptors (Lipinski definition) is 2. The van der Waals surface area contributed by atoms with Crippen molar-refractivity contribution in [2.24, 2.45) is 11.3 Å². The zero-order chi connectivity index (χ0) is 16.3. The van der Waals surface area contributed by atoms with Crippen LogP contribution in [-0.2, 0) is 4.79 Å². The van der Waals surface area contributed by atoms with Crippen LogP contribution in [0, 0.1) is 11.3 Å². The van der Waals surface area contributed by atoms with Crippen LogP contribution in [0.2, 0.25) is 0 Å². The summed E-state index contributed by atoms with van der Waals surface area (Å²) in [6.07, 6.45) is 3.12. The first-order valence-corrected chi connectivity index (χ1v) is 7.90. The summed E-state index contributed by atoms with van der Waals surface area (Å²) in [4.78, 5) is 25.4. The molecule has 1 aliphatic heterocycles. The number of piperidine rings is 1. The molecule has 0 aromatic heterocycles. The molecule has 1 saturated heterocycles. The molecule has 0 aromatic rings. The van der Waals surface area contributed by atoms with Gasteiger partial charge in [0, 0.05) is 13.1 Å². The number of likely N-dealkylation sites (tertiary alicyclic amines) is 1. The number of carbonyl (C=O) groups excluding carboxylic acids is 1. The molecule has 0 aromatic carbocycles. The maximum atomic E-state index is 12.3. The van der Waals surface area contributed by atoms with Crippen molar-refractivity contribution in [3.05, 3.63) is 0 Å². The summed E-state index contributed by atoms with van der Waals surface area (Å²) in [5.41, 5.74) is -0.910. The highest BCUT2D eigenvalue weighted by molar-refractivity contribution is 5.85. The van der Waals surface area contributed by atoms with Crippen LogP contribution >= 0.6 is 0 Å². The van der Waals surface area contributed by atoms with Crippen molar-refractivity contribution in [1.82, 2.24) is 10.2 Å². The van der Waals surface area contributed by atoms with Gasteiger partial charge in [-0.25, -0.2) is 9.59 Å². The maximum absolute atomic E-state index is 12.3. The average molecular weight is 298 g/mol. The predicted octanol–water partition coefficient (Wildman–Crippen LogP) is 3.10. The van der Waals surface area contributed by atoms with Gasteiger partial charge in [0.2, 0.25) is 0 Å². The van der Waals surface area contributed by atoms with Crippen molar-refractivity contribution < 1.29 is 14.7 Å². The van der Waals surface area contributed by atoms with Crippen molar-refractivity contribution in [2.45, 2.75) is 65.8 Å². The Kier molecular flexibility index (Phi) is 5.65. The number of carbonyl (C=O) groups is 2. The Balaban J connectivity index is 2.60. The van der Waals surface area contributed by atoms with Gasteiger partial charge in [0.1, 0.15) is 5.54 Å². The van der Waals surface area contributed by atoms with Gasteiger partial charge in [-0.1, -0.05) is 34.1 Å². The highest BCUT2D eigenvalue weighted by Crippen LogP contribution is 2.34. The number of amides is 2. The molecule has 1 atom stereocenters. The van der Waals surface area contributed by atoms with Crippen molar-refractivity contribution in [3.8, 4) is 0 Å². The Morgan fingerprint density at radius 3 is 2.10 bits per heavy atom. The molecular formula is C16H30N2O3. The maximum Gasteiger partial charge on any atom is 0.329 e. The third-order valence-electron chi connectivity index (χ3n) is 4.61. The molecule has 0 aliphatic carbocycles. The molecule has 0 spiro atoms. The molecule has 2 N–H and O–H groups in total. The summed E-state index contributed by atoms with van der Waals surface area (Å²) in [5, 5.41) is 12.0. The molecule has 1 heterocycles. The second-order valence-corrected chi connectivity index (χ2v) is 7.44. The van der Waals surface area contributed by atoms with Crippen LogP contribution < -0.4 is 5.32 Å². The van der Waals surface area contributed by atoms with Gasteiger partial charge in [0.05, 0.1) is 0 Å². The number of urea groups is 1. The fraction of sp³-hybridized carbons (Fsp3) is 0.875. The predicted molar refractivity (Wildman–Crippen MR) is 83.2 cm³/mol. The average Bonchev–Trinajstić information content (AvgIpc) is 2.37. The zero-order valence-corrected chi connectivity index (χ0v) is 14.0. The molecule has 0 radical (unpaired) electrons. The second kappa shape index (κ2) is 6.67. The number of carboxylic acid groups (broad SMARTS) is 1. The van der Waals surface area contributed by atoms with Crippen LogP contribution in [0.1, 0.15) is 60.3 Å². The van der Waals surface area contributed by atoms with Crippen LogP contribution in [0.15, 0.2) is 0 Å². The Morgan fingerprint density at radius 1 is 1.19 bits per heavy atom. The number of nitrogens with zero attached hydrogens (tertiary/aromatic N) is 1. The molecule has 0 bridgehead atoms. The first-order valence-electron chi connectivity index (χ1n) is 7.90. The minimum atomic E-state index is -1.17. The third kappa shape index (κ3) is 4.61. The van der Waals surface area contributed by atoms with Gasteiger partial charge in [-0.3, -0.25) is 0 Å².